The van der Waals surface area contributed by atoms with Crippen LogP contribution < -0.4 is 0 Å². The first-order chi connectivity index (χ1) is 7.52. The van der Waals surface area contributed by atoms with E-state index in [1.165, 1.54) is 12.3 Å². The summed E-state index contributed by atoms with van der Waals surface area (Å²) in [5.41, 5.74) is 0.478. The number of carbonyl (C=O) groups excluding carboxylic acids is 1. The van der Waals surface area contributed by atoms with Crippen LogP contribution in [-0.2, 0) is 6.42 Å². The van der Waals surface area contributed by atoms with Crippen molar-refractivity contribution >= 4 is 18.1 Å². The van der Waals surface area contributed by atoms with E-state index in [0.29, 0.717) is 10.6 Å². The van der Waals surface area contributed by atoms with Gasteiger partial charge in [0.15, 0.2) is 0 Å². The Hall–Kier alpha value is -2.31. The van der Waals surface area contributed by atoms with Gasteiger partial charge in [-0.05, 0) is 6.07 Å². The van der Waals surface area contributed by atoms with E-state index in [-0.39, 0.29) is 18.5 Å². The smallest absolute Gasteiger partial charge is 0.415 e. The molecule has 0 fully saturated rings. The number of nitrogens with zero attached hydrogens (tertiary/aromatic N) is 2. The van der Waals surface area contributed by atoms with Crippen LogP contribution in [0.2, 0.25) is 0 Å². The van der Waals surface area contributed by atoms with E-state index in [4.69, 9.17) is 10.2 Å². The van der Waals surface area contributed by atoms with Crippen molar-refractivity contribution in [2.24, 2.45) is 0 Å². The zero-order valence-electron chi connectivity index (χ0n) is 8.08. The lowest BCUT2D eigenvalue weighted by Crippen LogP contribution is -2.41. The number of hydrogen-bond donors (Lipinski definition) is 2. The number of carbonyl (C=O) groups is 3. The third-order valence-corrected chi connectivity index (χ3v) is 2.48. The van der Waals surface area contributed by atoms with Gasteiger partial charge in [-0.1, -0.05) is 0 Å². The minimum atomic E-state index is -1.32. The summed E-state index contributed by atoms with van der Waals surface area (Å²) in [5, 5.41) is 17.5. The van der Waals surface area contributed by atoms with Crippen LogP contribution in [0.5, 0.6) is 0 Å². The van der Waals surface area contributed by atoms with Crippen LogP contribution in [0.15, 0.2) is 12.3 Å². The standard InChI is InChI=1S/C9H8N2O5/c12-7-5-1-3-10(8(13)14)6(5)2-4-11(7)9(15)16/h1,3H,2,4H2,(H,13,14)(H,15,16). The van der Waals surface area contributed by atoms with Crippen LogP contribution in [0.4, 0.5) is 9.59 Å². The fourth-order valence-electron chi connectivity index (χ4n) is 1.74. The number of aromatic nitrogens is 1. The molecule has 2 N–H and O–H groups in total. The van der Waals surface area contributed by atoms with Crippen LogP contribution in [0.1, 0.15) is 16.1 Å². The lowest BCUT2D eigenvalue weighted by Gasteiger charge is -2.22. The Kier molecular flexibility index (Phi) is 2.15. The highest BCUT2D eigenvalue weighted by molar-refractivity contribution is 6.04. The lowest BCUT2D eigenvalue weighted by atomic mass is 10.1. The van der Waals surface area contributed by atoms with E-state index in [1.54, 1.807) is 0 Å². The first kappa shape index (κ1) is 10.2. The average Bonchev–Trinajstić information content (AvgIpc) is 2.61. The monoisotopic (exact) mass is 224 g/mol. The molecule has 84 valence electrons. The number of fused-ring (bicyclic) bond motifs is 1. The molecule has 7 heteroatoms. The van der Waals surface area contributed by atoms with Crippen molar-refractivity contribution in [2.45, 2.75) is 6.42 Å². The van der Waals surface area contributed by atoms with Crippen molar-refractivity contribution in [3.05, 3.63) is 23.5 Å². The number of hydrogen-bond acceptors (Lipinski definition) is 3. The molecular formula is C9H8N2O5. The molecule has 0 saturated heterocycles. The predicted molar refractivity (Wildman–Crippen MR) is 50.6 cm³/mol. The number of imide groups is 1. The molecule has 0 spiro atoms. The van der Waals surface area contributed by atoms with E-state index in [2.05, 4.69) is 0 Å². The SMILES string of the molecule is O=C(O)N1CCc2c(ccn2C(=O)O)C1=O. The molecule has 2 rings (SSSR count). The third kappa shape index (κ3) is 1.33. The molecule has 0 aliphatic carbocycles. The summed E-state index contributed by atoms with van der Waals surface area (Å²) in [4.78, 5) is 33.8. The fourth-order valence-corrected chi connectivity index (χ4v) is 1.74. The normalized spacial score (nSPS) is 14.8. The van der Waals surface area contributed by atoms with Crippen molar-refractivity contribution < 1.29 is 24.6 Å². The third-order valence-electron chi connectivity index (χ3n) is 2.48. The number of amides is 2. The Balaban J connectivity index is 2.44. The highest BCUT2D eigenvalue weighted by atomic mass is 16.4. The molecule has 1 aliphatic heterocycles. The van der Waals surface area contributed by atoms with Crippen molar-refractivity contribution in [2.75, 3.05) is 6.54 Å². The molecule has 16 heavy (non-hydrogen) atoms. The first-order valence-corrected chi connectivity index (χ1v) is 4.50. The van der Waals surface area contributed by atoms with E-state index < -0.39 is 18.1 Å². The Labute approximate surface area is 89.5 Å². The summed E-state index contributed by atoms with van der Waals surface area (Å²) in [6.45, 7) is -0.0154. The van der Waals surface area contributed by atoms with Crippen molar-refractivity contribution in [1.82, 2.24) is 9.47 Å². The van der Waals surface area contributed by atoms with Crippen molar-refractivity contribution in [1.29, 1.82) is 0 Å². The largest absolute Gasteiger partial charge is 0.465 e. The van der Waals surface area contributed by atoms with Gasteiger partial charge in [0.05, 0.1) is 5.56 Å². The minimum absolute atomic E-state index is 0.0154. The molecule has 1 aromatic heterocycles. The van der Waals surface area contributed by atoms with Gasteiger partial charge in [-0.2, -0.15) is 0 Å². The Morgan fingerprint density at radius 1 is 1.25 bits per heavy atom. The van der Waals surface area contributed by atoms with Crippen LogP contribution in [0.25, 0.3) is 0 Å². The molecule has 2 amide bonds. The molecular weight excluding hydrogens is 216 g/mol. The summed E-state index contributed by atoms with van der Waals surface area (Å²) in [6.07, 6.45) is -1.04. The second kappa shape index (κ2) is 3.37. The van der Waals surface area contributed by atoms with Gasteiger partial charge in [-0.15, -0.1) is 0 Å². The fraction of sp³-hybridized carbons (Fsp3) is 0.222. The highest BCUT2D eigenvalue weighted by Gasteiger charge is 2.31. The molecule has 1 aromatic rings. The van der Waals surface area contributed by atoms with Crippen LogP contribution in [0.3, 0.4) is 0 Å². The van der Waals surface area contributed by atoms with Gasteiger partial charge in [-0.3, -0.25) is 9.36 Å². The van der Waals surface area contributed by atoms with Gasteiger partial charge in [0.1, 0.15) is 0 Å². The Morgan fingerprint density at radius 2 is 1.94 bits per heavy atom. The number of rotatable bonds is 0. The molecule has 0 radical (unpaired) electrons. The maximum absolute atomic E-state index is 11.6. The Bertz CT molecular complexity index is 490. The van der Waals surface area contributed by atoms with E-state index in [0.717, 1.165) is 4.57 Å². The van der Waals surface area contributed by atoms with Crippen LogP contribution in [-0.4, -0.2) is 44.3 Å². The quantitative estimate of drug-likeness (QED) is 0.675. The van der Waals surface area contributed by atoms with Crippen LogP contribution >= 0.6 is 0 Å². The van der Waals surface area contributed by atoms with Gasteiger partial charge >= 0.3 is 12.2 Å². The molecule has 0 atom stereocenters. The minimum Gasteiger partial charge on any atom is -0.465 e. The van der Waals surface area contributed by atoms with Gasteiger partial charge in [0.2, 0.25) is 0 Å². The van der Waals surface area contributed by atoms with Gasteiger partial charge < -0.3 is 10.2 Å². The van der Waals surface area contributed by atoms with E-state index in [1.807, 2.05) is 0 Å². The Morgan fingerprint density at radius 3 is 2.50 bits per heavy atom. The van der Waals surface area contributed by atoms with E-state index in [9.17, 15) is 14.4 Å². The molecule has 0 bridgehead atoms. The summed E-state index contributed by atoms with van der Waals surface area (Å²) in [7, 11) is 0. The topological polar surface area (TPSA) is 99.8 Å². The van der Waals surface area contributed by atoms with Gasteiger partial charge in [0, 0.05) is 24.9 Å². The molecule has 1 aliphatic rings. The average molecular weight is 224 g/mol. The summed E-state index contributed by atoms with van der Waals surface area (Å²) in [5.74, 6) is -0.672. The zero-order valence-corrected chi connectivity index (χ0v) is 8.08. The summed E-state index contributed by atoms with van der Waals surface area (Å²) >= 11 is 0. The molecule has 0 saturated carbocycles. The molecule has 7 nitrogen and oxygen atoms in total. The maximum atomic E-state index is 11.6. The zero-order chi connectivity index (χ0) is 11.9. The molecule has 0 aromatic carbocycles. The van der Waals surface area contributed by atoms with Gasteiger partial charge in [0.25, 0.3) is 5.91 Å². The van der Waals surface area contributed by atoms with E-state index >= 15 is 0 Å². The summed E-state index contributed by atoms with van der Waals surface area (Å²) < 4.78 is 0.937. The highest BCUT2D eigenvalue weighted by Crippen LogP contribution is 2.20. The van der Waals surface area contributed by atoms with Crippen molar-refractivity contribution in [3.63, 3.8) is 0 Å². The summed E-state index contributed by atoms with van der Waals surface area (Å²) in [6, 6.07) is 1.32. The van der Waals surface area contributed by atoms with Crippen molar-refractivity contribution in [3.8, 4) is 0 Å². The molecule has 2 heterocycles. The second-order valence-electron chi connectivity index (χ2n) is 3.32. The first-order valence-electron chi connectivity index (χ1n) is 4.50. The second-order valence-corrected chi connectivity index (χ2v) is 3.32. The van der Waals surface area contributed by atoms with Crippen LogP contribution in [0, 0.1) is 0 Å². The maximum Gasteiger partial charge on any atom is 0.415 e. The predicted octanol–water partition coefficient (Wildman–Crippen LogP) is 0.691. The van der Waals surface area contributed by atoms with Gasteiger partial charge in [-0.25, -0.2) is 14.5 Å². The number of carboxylic acid groups (broad SMARTS) is 2. The lowest BCUT2D eigenvalue weighted by molar-refractivity contribution is 0.0726. The molecule has 0 unspecified atom stereocenters.